The SMILES string of the molecule is O=C1CC(Cc2ccc(Cl)cc2)C(=O)C1c1ccc(Br)cc1Br. The van der Waals surface area contributed by atoms with E-state index in [2.05, 4.69) is 31.9 Å². The predicted molar refractivity (Wildman–Crippen MR) is 97.9 cm³/mol. The second-order valence-electron chi connectivity index (χ2n) is 5.70. The first-order chi connectivity index (χ1) is 11.0. The average molecular weight is 457 g/mol. The summed E-state index contributed by atoms with van der Waals surface area (Å²) in [7, 11) is 0. The van der Waals surface area contributed by atoms with Gasteiger partial charge in [0.1, 0.15) is 11.7 Å². The number of halogens is 3. The van der Waals surface area contributed by atoms with Crippen molar-refractivity contribution in [2.45, 2.75) is 18.8 Å². The molecule has 0 spiro atoms. The number of carbonyl (C=O) groups excluding carboxylic acids is 2. The molecule has 1 aliphatic rings. The van der Waals surface area contributed by atoms with E-state index in [0.717, 1.165) is 20.1 Å². The van der Waals surface area contributed by atoms with E-state index in [-0.39, 0.29) is 17.5 Å². The lowest BCUT2D eigenvalue weighted by molar-refractivity contribution is -0.124. The first kappa shape index (κ1) is 16.9. The molecule has 118 valence electrons. The number of hydrogen-bond donors (Lipinski definition) is 0. The second kappa shape index (κ2) is 6.88. The van der Waals surface area contributed by atoms with Gasteiger partial charge in [-0.2, -0.15) is 0 Å². The molecule has 0 radical (unpaired) electrons. The van der Waals surface area contributed by atoms with Crippen LogP contribution >= 0.6 is 43.5 Å². The first-order valence-corrected chi connectivity index (χ1v) is 9.18. The van der Waals surface area contributed by atoms with Crippen LogP contribution in [0.5, 0.6) is 0 Å². The fourth-order valence-corrected chi connectivity index (χ4v) is 4.40. The number of rotatable bonds is 3. The van der Waals surface area contributed by atoms with Crippen molar-refractivity contribution in [1.82, 2.24) is 0 Å². The van der Waals surface area contributed by atoms with Gasteiger partial charge in [-0.1, -0.05) is 61.7 Å². The molecule has 1 fully saturated rings. The summed E-state index contributed by atoms with van der Waals surface area (Å²) < 4.78 is 1.69. The number of ketones is 2. The number of carbonyl (C=O) groups is 2. The minimum atomic E-state index is -0.658. The van der Waals surface area contributed by atoms with Gasteiger partial charge >= 0.3 is 0 Å². The van der Waals surface area contributed by atoms with Gasteiger partial charge in [-0.15, -0.1) is 0 Å². The minimum absolute atomic E-state index is 0.00279. The highest BCUT2D eigenvalue weighted by atomic mass is 79.9. The van der Waals surface area contributed by atoms with E-state index >= 15 is 0 Å². The Morgan fingerprint density at radius 1 is 1.04 bits per heavy atom. The van der Waals surface area contributed by atoms with Crippen LogP contribution in [0.4, 0.5) is 0 Å². The molecule has 2 unspecified atom stereocenters. The lowest BCUT2D eigenvalue weighted by atomic mass is 9.92. The molecule has 0 heterocycles. The van der Waals surface area contributed by atoms with E-state index in [1.807, 2.05) is 30.3 Å². The molecule has 0 bridgehead atoms. The highest BCUT2D eigenvalue weighted by Gasteiger charge is 2.42. The van der Waals surface area contributed by atoms with Gasteiger partial charge in [-0.25, -0.2) is 0 Å². The number of Topliss-reactive ketones (excluding diaryl/α,β-unsaturated/α-hetero) is 2. The van der Waals surface area contributed by atoms with Crippen molar-refractivity contribution in [3.8, 4) is 0 Å². The van der Waals surface area contributed by atoms with Crippen LogP contribution in [-0.4, -0.2) is 11.6 Å². The Morgan fingerprint density at radius 3 is 2.39 bits per heavy atom. The van der Waals surface area contributed by atoms with Crippen molar-refractivity contribution < 1.29 is 9.59 Å². The summed E-state index contributed by atoms with van der Waals surface area (Å²) in [6.45, 7) is 0. The molecule has 0 aliphatic heterocycles. The number of hydrogen-bond acceptors (Lipinski definition) is 2. The van der Waals surface area contributed by atoms with Crippen molar-refractivity contribution >= 4 is 55.0 Å². The first-order valence-electron chi connectivity index (χ1n) is 7.21. The van der Waals surface area contributed by atoms with E-state index in [9.17, 15) is 9.59 Å². The summed E-state index contributed by atoms with van der Waals surface area (Å²) in [6.07, 6.45) is 0.876. The van der Waals surface area contributed by atoms with Crippen LogP contribution in [0.25, 0.3) is 0 Å². The van der Waals surface area contributed by atoms with Gasteiger partial charge in [0, 0.05) is 26.3 Å². The Kier molecular flexibility index (Phi) is 5.04. The van der Waals surface area contributed by atoms with Gasteiger partial charge in [-0.05, 0) is 41.8 Å². The fraction of sp³-hybridized carbons (Fsp3) is 0.222. The van der Waals surface area contributed by atoms with Gasteiger partial charge in [0.05, 0.1) is 0 Å². The van der Waals surface area contributed by atoms with Gasteiger partial charge < -0.3 is 0 Å². The summed E-state index contributed by atoms with van der Waals surface area (Å²) in [5.74, 6) is -0.913. The Hall–Kier alpha value is -0.970. The van der Waals surface area contributed by atoms with Gasteiger partial charge in [-0.3, -0.25) is 9.59 Å². The van der Waals surface area contributed by atoms with E-state index in [4.69, 9.17) is 11.6 Å². The van der Waals surface area contributed by atoms with Crippen molar-refractivity contribution in [1.29, 1.82) is 0 Å². The molecule has 0 saturated heterocycles. The van der Waals surface area contributed by atoms with Crippen LogP contribution in [0.1, 0.15) is 23.5 Å². The Labute approximate surface area is 156 Å². The zero-order valence-electron chi connectivity index (χ0n) is 12.1. The van der Waals surface area contributed by atoms with Crippen LogP contribution in [0.2, 0.25) is 5.02 Å². The highest BCUT2D eigenvalue weighted by molar-refractivity contribution is 9.11. The van der Waals surface area contributed by atoms with Crippen molar-refractivity contribution in [3.63, 3.8) is 0 Å². The maximum absolute atomic E-state index is 12.7. The normalized spacial score (nSPS) is 21.0. The smallest absolute Gasteiger partial charge is 0.151 e. The topological polar surface area (TPSA) is 34.1 Å². The van der Waals surface area contributed by atoms with E-state index in [1.165, 1.54) is 0 Å². The third kappa shape index (κ3) is 3.59. The molecule has 2 aromatic rings. The Balaban J connectivity index is 1.83. The Morgan fingerprint density at radius 2 is 1.74 bits per heavy atom. The molecule has 0 aromatic heterocycles. The molecular formula is C18H13Br2ClO2. The zero-order valence-corrected chi connectivity index (χ0v) is 16.0. The lowest BCUT2D eigenvalue weighted by Gasteiger charge is -2.12. The molecule has 1 saturated carbocycles. The number of benzene rings is 2. The zero-order chi connectivity index (χ0) is 16.6. The third-order valence-corrected chi connectivity index (χ3v) is 5.56. The monoisotopic (exact) mass is 454 g/mol. The average Bonchev–Trinajstić information content (AvgIpc) is 2.77. The molecule has 2 aromatic carbocycles. The minimum Gasteiger partial charge on any atom is -0.298 e. The van der Waals surface area contributed by atoms with Crippen LogP contribution in [0.3, 0.4) is 0 Å². The van der Waals surface area contributed by atoms with E-state index in [1.54, 1.807) is 12.1 Å². The molecule has 1 aliphatic carbocycles. The van der Waals surface area contributed by atoms with Crippen LogP contribution in [0.15, 0.2) is 51.4 Å². The van der Waals surface area contributed by atoms with Crippen molar-refractivity contribution in [3.05, 3.63) is 67.6 Å². The molecule has 0 N–H and O–H groups in total. The quantitative estimate of drug-likeness (QED) is 0.584. The summed E-state index contributed by atoms with van der Waals surface area (Å²) >= 11 is 12.7. The standard InChI is InChI=1S/C18H13Br2ClO2/c19-12-3-6-14(15(20)9-12)17-16(22)8-11(18(17)23)7-10-1-4-13(21)5-2-10/h1-6,9,11,17H,7-8H2. The maximum atomic E-state index is 12.7. The van der Waals surface area contributed by atoms with Crippen LogP contribution in [-0.2, 0) is 16.0 Å². The lowest BCUT2D eigenvalue weighted by Crippen LogP contribution is -2.17. The largest absolute Gasteiger partial charge is 0.298 e. The van der Waals surface area contributed by atoms with E-state index < -0.39 is 5.92 Å². The molecule has 2 atom stereocenters. The maximum Gasteiger partial charge on any atom is 0.151 e. The van der Waals surface area contributed by atoms with Crippen LogP contribution < -0.4 is 0 Å². The Bertz CT molecular complexity index is 771. The highest BCUT2D eigenvalue weighted by Crippen LogP contribution is 2.38. The molecule has 2 nitrogen and oxygen atoms in total. The van der Waals surface area contributed by atoms with Crippen molar-refractivity contribution in [2.24, 2.45) is 5.92 Å². The summed E-state index contributed by atoms with van der Waals surface area (Å²) in [6, 6.07) is 13.0. The molecule has 5 heteroatoms. The fourth-order valence-electron chi connectivity index (χ4n) is 3.00. The van der Waals surface area contributed by atoms with Gasteiger partial charge in [0.15, 0.2) is 5.78 Å². The molecule has 0 amide bonds. The molecule has 23 heavy (non-hydrogen) atoms. The summed E-state index contributed by atoms with van der Waals surface area (Å²) in [5.41, 5.74) is 1.78. The molecular weight excluding hydrogens is 443 g/mol. The van der Waals surface area contributed by atoms with Gasteiger partial charge in [0.25, 0.3) is 0 Å². The summed E-state index contributed by atoms with van der Waals surface area (Å²) in [5, 5.41) is 0.666. The van der Waals surface area contributed by atoms with Crippen LogP contribution in [0, 0.1) is 5.92 Å². The molecule has 3 rings (SSSR count). The third-order valence-electron chi connectivity index (χ3n) is 4.13. The predicted octanol–water partition coefficient (Wildman–Crippen LogP) is 5.35. The summed E-state index contributed by atoms with van der Waals surface area (Å²) in [4.78, 5) is 25.1. The van der Waals surface area contributed by atoms with E-state index in [0.29, 0.717) is 17.9 Å². The van der Waals surface area contributed by atoms with Crippen molar-refractivity contribution in [2.75, 3.05) is 0 Å². The van der Waals surface area contributed by atoms with Gasteiger partial charge in [0.2, 0.25) is 0 Å². The second-order valence-corrected chi connectivity index (χ2v) is 7.91.